The first kappa shape index (κ1) is 14.9. The first-order valence-corrected chi connectivity index (χ1v) is 5.37. The molecule has 0 fully saturated rings. The van der Waals surface area contributed by atoms with Gasteiger partial charge in [0.2, 0.25) is 0 Å². The van der Waals surface area contributed by atoms with Crippen LogP contribution < -0.4 is 5.32 Å². The zero-order chi connectivity index (χ0) is 12.9. The Morgan fingerprint density at radius 3 is 2.00 bits per heavy atom. The van der Waals surface area contributed by atoms with Gasteiger partial charge in [-0.1, -0.05) is 27.7 Å². The second-order valence-electron chi connectivity index (χ2n) is 4.16. The van der Waals surface area contributed by atoms with E-state index in [0.717, 1.165) is 0 Å². The first-order chi connectivity index (χ1) is 7.31. The fourth-order valence-corrected chi connectivity index (χ4v) is 1.40. The van der Waals surface area contributed by atoms with Gasteiger partial charge in [0.25, 0.3) is 5.91 Å². The van der Waals surface area contributed by atoms with Gasteiger partial charge in [0.15, 0.2) is 0 Å². The summed E-state index contributed by atoms with van der Waals surface area (Å²) in [7, 11) is 0. The average molecular weight is 249 g/mol. The lowest BCUT2D eigenvalue weighted by atomic mass is 10.0. The van der Waals surface area contributed by atoms with Gasteiger partial charge in [-0.25, -0.2) is 4.79 Å². The smallest absolute Gasteiger partial charge is 0.326 e. The molecule has 0 aliphatic carbocycles. The van der Waals surface area contributed by atoms with Gasteiger partial charge in [-0.3, -0.25) is 4.79 Å². The van der Waals surface area contributed by atoms with Crippen molar-refractivity contribution in [2.45, 2.75) is 33.7 Å². The number of carboxylic acid groups (broad SMARTS) is 1. The van der Waals surface area contributed by atoms with Crippen molar-refractivity contribution in [1.82, 2.24) is 5.32 Å². The van der Waals surface area contributed by atoms with Gasteiger partial charge < -0.3 is 10.4 Å². The number of nitrogens with one attached hydrogen (secondary N) is 1. The van der Waals surface area contributed by atoms with Crippen molar-refractivity contribution in [2.75, 3.05) is 0 Å². The van der Waals surface area contributed by atoms with Crippen molar-refractivity contribution in [3.8, 4) is 0 Å². The van der Waals surface area contributed by atoms with E-state index >= 15 is 0 Å². The summed E-state index contributed by atoms with van der Waals surface area (Å²) in [6.07, 6.45) is 0. The van der Waals surface area contributed by atoms with Gasteiger partial charge in [0.05, 0.1) is 0 Å². The lowest BCUT2D eigenvalue weighted by molar-refractivity contribution is -0.142. The summed E-state index contributed by atoms with van der Waals surface area (Å²) in [5.74, 6) is -1.96. The maximum Gasteiger partial charge on any atom is 0.326 e. The molecule has 0 unspecified atom stereocenters. The van der Waals surface area contributed by atoms with Gasteiger partial charge in [0, 0.05) is 17.7 Å². The van der Waals surface area contributed by atoms with Crippen LogP contribution in [0.15, 0.2) is 4.51 Å². The number of nitrogens with zero attached hydrogens (tertiary/aromatic N) is 1. The van der Waals surface area contributed by atoms with Crippen LogP contribution >= 0.6 is 11.8 Å². The molecule has 0 spiro atoms. The summed E-state index contributed by atoms with van der Waals surface area (Å²) in [4.78, 5) is 22.5. The molecule has 0 aliphatic heterocycles. The van der Waals surface area contributed by atoms with E-state index in [0.29, 0.717) is 0 Å². The second-order valence-corrected chi connectivity index (χ2v) is 4.33. The topological polar surface area (TPSA) is 78.8 Å². The van der Waals surface area contributed by atoms with E-state index in [-0.39, 0.29) is 17.5 Å². The minimum absolute atomic E-state index is 0.133. The highest BCUT2D eigenvalue weighted by Gasteiger charge is 2.26. The minimum Gasteiger partial charge on any atom is -0.480 e. The molecule has 5 nitrogen and oxygen atoms in total. The molecule has 2 N–H and O–H groups in total. The molecule has 0 heterocycles. The Morgan fingerprint density at radius 2 is 1.75 bits per heavy atom. The van der Waals surface area contributed by atoms with Crippen molar-refractivity contribution in [3.63, 3.8) is 0 Å². The monoisotopic (exact) mass is 248 g/mol. The number of carbonyl (C=O) groups excluding carboxylic acids is 1. The number of carboxylic acids is 1. The summed E-state index contributed by atoms with van der Waals surface area (Å²) >= 11 is 5.28. The number of hydrogen-bond donors (Lipinski definition) is 2. The Kier molecular flexibility index (Phi) is 6.03. The predicted octanol–water partition coefficient (Wildman–Crippen LogP) is 1.46. The van der Waals surface area contributed by atoms with Gasteiger partial charge in [-0.05, 0) is 5.92 Å². The van der Waals surface area contributed by atoms with Crippen LogP contribution in [0.5, 0.6) is 0 Å². The predicted molar refractivity (Wildman–Crippen MR) is 62.5 cm³/mol. The molecule has 0 aliphatic rings. The van der Waals surface area contributed by atoms with Crippen LogP contribution in [0.25, 0.3) is 0 Å². The minimum atomic E-state index is -1.07. The highest BCUT2D eigenvalue weighted by Crippen LogP contribution is 2.05. The SMILES string of the molecule is CC(C)C(=NCl)C(=O)N[C@H](C(=O)O)C(C)C. The van der Waals surface area contributed by atoms with Gasteiger partial charge in [0.1, 0.15) is 11.8 Å². The Morgan fingerprint density at radius 1 is 1.25 bits per heavy atom. The molecule has 92 valence electrons. The maximum atomic E-state index is 11.6. The summed E-state index contributed by atoms with van der Waals surface area (Å²) in [6.45, 7) is 6.94. The number of amides is 1. The molecule has 16 heavy (non-hydrogen) atoms. The molecule has 0 rings (SSSR count). The lowest BCUT2D eigenvalue weighted by Crippen LogP contribution is -2.47. The van der Waals surface area contributed by atoms with E-state index in [2.05, 4.69) is 9.83 Å². The van der Waals surface area contributed by atoms with Crippen molar-refractivity contribution in [1.29, 1.82) is 0 Å². The number of rotatable bonds is 5. The quantitative estimate of drug-likeness (QED) is 0.723. The van der Waals surface area contributed by atoms with E-state index < -0.39 is 17.9 Å². The average Bonchev–Trinajstić information content (AvgIpc) is 2.13. The Bertz CT molecular complexity index is 300. The number of halogens is 1. The molecule has 0 bridgehead atoms. The molecule has 6 heteroatoms. The van der Waals surface area contributed by atoms with Crippen LogP contribution in [0.3, 0.4) is 0 Å². The van der Waals surface area contributed by atoms with Gasteiger partial charge in [-0.15, -0.1) is 0 Å². The lowest BCUT2D eigenvalue weighted by Gasteiger charge is -2.18. The molecule has 0 aromatic rings. The van der Waals surface area contributed by atoms with Crippen molar-refractivity contribution >= 4 is 29.4 Å². The first-order valence-electron chi connectivity index (χ1n) is 5.03. The van der Waals surface area contributed by atoms with Crippen LogP contribution in [0, 0.1) is 11.8 Å². The molecule has 0 radical (unpaired) electrons. The molecule has 1 amide bonds. The standard InChI is InChI=1S/C10H17ClN2O3/c1-5(2)7(13-11)9(14)12-8(6(3)4)10(15)16/h5-6,8H,1-4H3,(H,12,14)(H,15,16)/t8-/m0/s1. The molecule has 0 saturated carbocycles. The molecule has 0 aromatic heterocycles. The van der Waals surface area contributed by atoms with Gasteiger partial charge >= 0.3 is 5.97 Å². The Labute approximate surface area is 100 Å². The highest BCUT2D eigenvalue weighted by molar-refractivity contribution is 6.44. The number of aliphatic carboxylic acids is 1. The molecule has 0 saturated heterocycles. The van der Waals surface area contributed by atoms with Crippen LogP contribution in [0.4, 0.5) is 0 Å². The molecule has 0 aromatic carbocycles. The summed E-state index contributed by atoms with van der Waals surface area (Å²) in [5, 5.41) is 11.3. The third-order valence-corrected chi connectivity index (χ3v) is 2.27. The fraction of sp³-hybridized carbons (Fsp3) is 0.700. The van der Waals surface area contributed by atoms with Crippen LogP contribution in [-0.4, -0.2) is 28.7 Å². The zero-order valence-corrected chi connectivity index (χ0v) is 10.6. The van der Waals surface area contributed by atoms with E-state index in [1.54, 1.807) is 27.7 Å². The van der Waals surface area contributed by atoms with Crippen LogP contribution in [0.1, 0.15) is 27.7 Å². The summed E-state index contributed by atoms with van der Waals surface area (Å²) in [5.41, 5.74) is 0.133. The highest BCUT2D eigenvalue weighted by atomic mass is 35.5. The zero-order valence-electron chi connectivity index (χ0n) is 9.82. The van der Waals surface area contributed by atoms with Crippen molar-refractivity contribution in [3.05, 3.63) is 0 Å². The molecular weight excluding hydrogens is 232 g/mol. The van der Waals surface area contributed by atoms with Crippen LogP contribution in [0.2, 0.25) is 0 Å². The Balaban J connectivity index is 4.71. The number of carbonyl (C=O) groups is 2. The third kappa shape index (κ3) is 4.18. The maximum absolute atomic E-state index is 11.6. The largest absolute Gasteiger partial charge is 0.480 e. The molecule has 1 atom stereocenters. The van der Waals surface area contributed by atoms with E-state index in [1.165, 1.54) is 0 Å². The summed E-state index contributed by atoms with van der Waals surface area (Å²) < 4.78 is 3.34. The van der Waals surface area contributed by atoms with E-state index in [9.17, 15) is 9.59 Å². The molecular formula is C10H17ClN2O3. The van der Waals surface area contributed by atoms with Gasteiger partial charge in [-0.2, -0.15) is 4.51 Å². The Hall–Kier alpha value is -1.10. The number of hydrogen-bond acceptors (Lipinski definition) is 3. The normalized spacial score (nSPS) is 14.1. The van der Waals surface area contributed by atoms with Crippen LogP contribution in [-0.2, 0) is 9.59 Å². The van der Waals surface area contributed by atoms with E-state index in [1.807, 2.05) is 0 Å². The second kappa shape index (κ2) is 6.48. The summed E-state index contributed by atoms with van der Waals surface area (Å²) in [6, 6.07) is -0.931. The third-order valence-electron chi connectivity index (χ3n) is 2.09. The van der Waals surface area contributed by atoms with E-state index in [4.69, 9.17) is 16.9 Å². The van der Waals surface area contributed by atoms with Crippen molar-refractivity contribution < 1.29 is 14.7 Å². The van der Waals surface area contributed by atoms with Crippen molar-refractivity contribution in [2.24, 2.45) is 16.3 Å². The fourth-order valence-electron chi connectivity index (χ4n) is 1.13.